The van der Waals surface area contributed by atoms with Crippen LogP contribution in [0.25, 0.3) is 33.2 Å². The molecule has 0 unspecified atom stereocenters. The van der Waals surface area contributed by atoms with Crippen LogP contribution in [0.15, 0.2) is 83.4 Å². The molecule has 0 atom stereocenters. The summed E-state index contributed by atoms with van der Waals surface area (Å²) in [5.41, 5.74) is 4.10. The van der Waals surface area contributed by atoms with E-state index >= 15 is 0 Å². The predicted molar refractivity (Wildman–Crippen MR) is 147 cm³/mol. The zero-order valence-corrected chi connectivity index (χ0v) is 21.5. The van der Waals surface area contributed by atoms with Gasteiger partial charge in [-0.1, -0.05) is 71.7 Å². The molecule has 37 heavy (non-hydrogen) atoms. The van der Waals surface area contributed by atoms with Crippen molar-refractivity contribution in [2.24, 2.45) is 0 Å². The number of aromatic nitrogens is 1. The first kappa shape index (κ1) is 24.9. The van der Waals surface area contributed by atoms with Crippen molar-refractivity contribution >= 4 is 39.9 Å². The Bertz CT molecular complexity index is 1590. The summed E-state index contributed by atoms with van der Waals surface area (Å²) >= 11 is 12.9. The first-order valence-corrected chi connectivity index (χ1v) is 12.6. The Morgan fingerprint density at radius 3 is 2.38 bits per heavy atom. The van der Waals surface area contributed by atoms with E-state index in [-0.39, 0.29) is 12.2 Å². The lowest BCUT2D eigenvalue weighted by molar-refractivity contribution is 0.0697. The van der Waals surface area contributed by atoms with Crippen LogP contribution in [-0.2, 0) is 13.0 Å². The Labute approximate surface area is 224 Å². The van der Waals surface area contributed by atoms with Crippen molar-refractivity contribution in [1.82, 2.24) is 5.16 Å². The third kappa shape index (κ3) is 5.19. The molecule has 5 nitrogen and oxygen atoms in total. The molecule has 5 aromatic rings. The van der Waals surface area contributed by atoms with E-state index in [0.717, 1.165) is 46.1 Å². The number of benzene rings is 4. The summed E-state index contributed by atoms with van der Waals surface area (Å²) in [6.45, 7) is 2.33. The van der Waals surface area contributed by atoms with Gasteiger partial charge in [0.1, 0.15) is 23.8 Å². The van der Waals surface area contributed by atoms with Gasteiger partial charge in [0.05, 0.1) is 21.2 Å². The summed E-state index contributed by atoms with van der Waals surface area (Å²) in [5, 5.41) is 16.6. The molecule has 1 aromatic heterocycles. The van der Waals surface area contributed by atoms with Crippen LogP contribution >= 0.6 is 23.2 Å². The quantitative estimate of drug-likeness (QED) is 0.216. The zero-order valence-electron chi connectivity index (χ0n) is 20.0. The molecule has 4 aromatic carbocycles. The van der Waals surface area contributed by atoms with E-state index in [1.54, 1.807) is 36.4 Å². The lowest BCUT2D eigenvalue weighted by Crippen LogP contribution is -2.00. The van der Waals surface area contributed by atoms with Crippen molar-refractivity contribution in [2.75, 3.05) is 0 Å². The van der Waals surface area contributed by atoms with Crippen LogP contribution in [-0.4, -0.2) is 16.2 Å². The highest BCUT2D eigenvalue weighted by atomic mass is 35.5. The fraction of sp³-hybridized carbons (Fsp3) is 0.133. The smallest absolute Gasteiger partial charge is 0.335 e. The fourth-order valence-corrected chi connectivity index (χ4v) is 4.89. The van der Waals surface area contributed by atoms with Crippen LogP contribution in [0.3, 0.4) is 0 Å². The molecule has 0 saturated heterocycles. The van der Waals surface area contributed by atoms with Gasteiger partial charge in [-0.25, -0.2) is 4.79 Å². The van der Waals surface area contributed by atoms with Gasteiger partial charge >= 0.3 is 5.97 Å². The number of fused-ring (bicyclic) bond motifs is 1. The molecule has 1 heterocycles. The van der Waals surface area contributed by atoms with Crippen molar-refractivity contribution in [3.63, 3.8) is 0 Å². The molecule has 1 N–H and O–H groups in total. The van der Waals surface area contributed by atoms with Gasteiger partial charge in [0, 0.05) is 12.0 Å². The van der Waals surface area contributed by atoms with Gasteiger partial charge in [-0.05, 0) is 70.8 Å². The van der Waals surface area contributed by atoms with Crippen LogP contribution in [0.4, 0.5) is 0 Å². The Morgan fingerprint density at radius 1 is 0.919 bits per heavy atom. The van der Waals surface area contributed by atoms with Crippen molar-refractivity contribution in [3.8, 4) is 28.1 Å². The van der Waals surface area contributed by atoms with E-state index in [0.29, 0.717) is 27.1 Å². The van der Waals surface area contributed by atoms with Crippen LogP contribution in [0.5, 0.6) is 5.75 Å². The number of halogens is 2. The van der Waals surface area contributed by atoms with Crippen molar-refractivity contribution < 1.29 is 19.2 Å². The number of aryl methyl sites for hydroxylation is 1. The molecule has 0 amide bonds. The number of carboxylic acid groups (broad SMARTS) is 1. The molecule has 0 fully saturated rings. The minimum atomic E-state index is -0.945. The maximum Gasteiger partial charge on any atom is 0.335 e. The van der Waals surface area contributed by atoms with Crippen LogP contribution in [0.1, 0.15) is 35.0 Å². The third-order valence-electron chi connectivity index (χ3n) is 6.18. The molecule has 0 aliphatic carbocycles. The Balaban J connectivity index is 1.42. The average molecular weight is 532 g/mol. The second kappa shape index (κ2) is 10.7. The fourth-order valence-electron chi connectivity index (χ4n) is 4.32. The number of aromatic carboxylic acids is 1. The van der Waals surface area contributed by atoms with Crippen LogP contribution in [0.2, 0.25) is 10.0 Å². The second-order valence-electron chi connectivity index (χ2n) is 8.68. The number of nitrogens with zero attached hydrogens (tertiary/aromatic N) is 1. The van der Waals surface area contributed by atoms with Crippen molar-refractivity contribution in [1.29, 1.82) is 0 Å². The summed E-state index contributed by atoms with van der Waals surface area (Å²) in [7, 11) is 0. The van der Waals surface area contributed by atoms with Gasteiger partial charge in [0.15, 0.2) is 0 Å². The molecule has 0 saturated carbocycles. The van der Waals surface area contributed by atoms with Gasteiger partial charge in [-0.3, -0.25) is 0 Å². The van der Waals surface area contributed by atoms with E-state index in [1.165, 1.54) is 0 Å². The Morgan fingerprint density at radius 2 is 1.62 bits per heavy atom. The Hall–Kier alpha value is -3.80. The largest absolute Gasteiger partial charge is 0.489 e. The maximum atomic E-state index is 11.3. The van der Waals surface area contributed by atoms with E-state index in [4.69, 9.17) is 32.5 Å². The monoisotopic (exact) mass is 531 g/mol. The van der Waals surface area contributed by atoms with Gasteiger partial charge in [-0.2, -0.15) is 0 Å². The van der Waals surface area contributed by atoms with Gasteiger partial charge < -0.3 is 14.4 Å². The topological polar surface area (TPSA) is 72.6 Å². The number of rotatable bonds is 8. The maximum absolute atomic E-state index is 11.3. The SMILES string of the molecule is CCCc1onc(-c2c(Cl)cccc2Cl)c1COc1ccc2cc(-c3cccc(C(=O)O)c3)ccc2c1. The molecule has 0 aliphatic rings. The highest BCUT2D eigenvalue weighted by Gasteiger charge is 2.22. The predicted octanol–water partition coefficient (Wildman–Crippen LogP) is 8.70. The number of hydrogen-bond donors (Lipinski definition) is 1. The highest BCUT2D eigenvalue weighted by Crippen LogP contribution is 2.38. The molecule has 0 aliphatic heterocycles. The molecular weight excluding hydrogens is 509 g/mol. The number of carbonyl (C=O) groups is 1. The number of carboxylic acids is 1. The van der Waals surface area contributed by atoms with Crippen molar-refractivity contribution in [2.45, 2.75) is 26.4 Å². The molecule has 186 valence electrons. The second-order valence-corrected chi connectivity index (χ2v) is 9.49. The zero-order chi connectivity index (χ0) is 25.9. The molecule has 0 spiro atoms. The standard InChI is InChI=1S/C30H23Cl2NO4/c1-2-5-27-24(29(33-37-27)28-25(31)8-4-9-26(28)32)17-36-23-13-12-20-14-19(10-11-21(20)16-23)18-6-3-7-22(15-18)30(34)35/h3-4,6-16H,2,5,17H2,1H3,(H,34,35). The molecule has 5 rings (SSSR count). The summed E-state index contributed by atoms with van der Waals surface area (Å²) in [6, 6.07) is 24.2. The average Bonchev–Trinajstić information content (AvgIpc) is 3.29. The minimum Gasteiger partial charge on any atom is -0.489 e. The van der Waals surface area contributed by atoms with Gasteiger partial charge in [-0.15, -0.1) is 0 Å². The first-order chi connectivity index (χ1) is 17.9. The van der Waals surface area contributed by atoms with Crippen molar-refractivity contribution in [3.05, 3.63) is 106 Å². The van der Waals surface area contributed by atoms with Gasteiger partial charge in [0.25, 0.3) is 0 Å². The van der Waals surface area contributed by atoms with E-state index in [1.807, 2.05) is 42.5 Å². The molecule has 0 radical (unpaired) electrons. The molecule has 7 heteroatoms. The minimum absolute atomic E-state index is 0.251. The van der Waals surface area contributed by atoms with E-state index in [2.05, 4.69) is 12.1 Å². The highest BCUT2D eigenvalue weighted by molar-refractivity contribution is 6.39. The van der Waals surface area contributed by atoms with Gasteiger partial charge in [0.2, 0.25) is 0 Å². The first-order valence-electron chi connectivity index (χ1n) is 11.9. The normalized spacial score (nSPS) is 11.1. The number of ether oxygens (including phenoxy) is 1. The lowest BCUT2D eigenvalue weighted by Gasteiger charge is -2.11. The Kier molecular flexibility index (Phi) is 7.17. The summed E-state index contributed by atoms with van der Waals surface area (Å²) in [6.07, 6.45) is 1.61. The summed E-state index contributed by atoms with van der Waals surface area (Å²) in [4.78, 5) is 11.3. The molecular formula is C30H23Cl2NO4. The lowest BCUT2D eigenvalue weighted by atomic mass is 9.99. The molecule has 0 bridgehead atoms. The van der Waals surface area contributed by atoms with E-state index < -0.39 is 5.97 Å². The summed E-state index contributed by atoms with van der Waals surface area (Å²) in [5.74, 6) is 0.509. The van der Waals surface area contributed by atoms with Crippen LogP contribution in [0, 0.1) is 0 Å². The van der Waals surface area contributed by atoms with Crippen LogP contribution < -0.4 is 4.74 Å². The number of hydrogen-bond acceptors (Lipinski definition) is 4. The van der Waals surface area contributed by atoms with E-state index in [9.17, 15) is 9.90 Å². The third-order valence-corrected chi connectivity index (χ3v) is 6.81. The summed E-state index contributed by atoms with van der Waals surface area (Å²) < 4.78 is 11.8.